The van der Waals surface area contributed by atoms with Crippen LogP contribution in [0.15, 0.2) is 24.3 Å². The van der Waals surface area contributed by atoms with Gasteiger partial charge in [0, 0.05) is 12.6 Å². The Kier molecular flexibility index (Phi) is 3.42. The topological polar surface area (TPSA) is 87.4 Å². The van der Waals surface area contributed by atoms with Crippen molar-refractivity contribution in [1.82, 2.24) is 10.9 Å². The zero-order chi connectivity index (χ0) is 12.4. The number of aliphatic carboxylic acids is 1. The molecule has 3 unspecified atom stereocenters. The number of nitrogens with one attached hydrogen (secondary N) is 2. The van der Waals surface area contributed by atoms with Gasteiger partial charge in [0.15, 0.2) is 0 Å². The molecule has 5 nitrogen and oxygen atoms in total. The standard InChI is InChI=1S/C12H17N3O2/c1-7-10(12(16)17)11(15-14-7)9-4-2-8(6-13)3-5-9/h2-5,7,10-11,14-15H,6,13H2,1H3,(H,16,17). The van der Waals surface area contributed by atoms with Crippen molar-refractivity contribution in [3.8, 4) is 0 Å². The van der Waals surface area contributed by atoms with Gasteiger partial charge in [-0.3, -0.25) is 10.2 Å². The fourth-order valence-corrected chi connectivity index (χ4v) is 2.20. The van der Waals surface area contributed by atoms with E-state index < -0.39 is 11.9 Å². The second-order valence-electron chi connectivity index (χ2n) is 4.36. The SMILES string of the molecule is CC1NNC(c2ccc(CN)cc2)C1C(=O)O. The van der Waals surface area contributed by atoms with Crippen molar-refractivity contribution in [3.63, 3.8) is 0 Å². The number of carboxylic acid groups (broad SMARTS) is 1. The molecule has 5 heteroatoms. The average Bonchev–Trinajstić information content (AvgIpc) is 2.71. The summed E-state index contributed by atoms with van der Waals surface area (Å²) >= 11 is 0. The molecule has 3 atom stereocenters. The molecular weight excluding hydrogens is 218 g/mol. The van der Waals surface area contributed by atoms with Gasteiger partial charge in [-0.2, -0.15) is 0 Å². The Labute approximate surface area is 100.0 Å². The van der Waals surface area contributed by atoms with E-state index in [2.05, 4.69) is 10.9 Å². The van der Waals surface area contributed by atoms with Crippen molar-refractivity contribution in [3.05, 3.63) is 35.4 Å². The number of carboxylic acids is 1. The van der Waals surface area contributed by atoms with E-state index in [1.165, 1.54) is 0 Å². The highest BCUT2D eigenvalue weighted by Crippen LogP contribution is 2.28. The lowest BCUT2D eigenvalue weighted by molar-refractivity contribution is -0.142. The Hall–Kier alpha value is -1.43. The Bertz CT molecular complexity index is 405. The van der Waals surface area contributed by atoms with Gasteiger partial charge in [-0.05, 0) is 18.1 Å². The van der Waals surface area contributed by atoms with Crippen LogP contribution in [0.1, 0.15) is 24.1 Å². The van der Waals surface area contributed by atoms with Crippen LogP contribution in [0, 0.1) is 5.92 Å². The molecule has 1 saturated heterocycles. The van der Waals surface area contributed by atoms with Crippen molar-refractivity contribution in [2.75, 3.05) is 0 Å². The van der Waals surface area contributed by atoms with Crippen molar-refractivity contribution in [1.29, 1.82) is 0 Å². The summed E-state index contributed by atoms with van der Waals surface area (Å²) in [6, 6.07) is 7.42. The van der Waals surface area contributed by atoms with Crippen LogP contribution in [0.5, 0.6) is 0 Å². The maximum absolute atomic E-state index is 11.2. The first-order valence-electron chi connectivity index (χ1n) is 5.66. The number of hydrazine groups is 1. The first-order chi connectivity index (χ1) is 8.13. The van der Waals surface area contributed by atoms with Gasteiger partial charge in [0.1, 0.15) is 0 Å². The van der Waals surface area contributed by atoms with Gasteiger partial charge in [-0.25, -0.2) is 5.43 Å². The second kappa shape index (κ2) is 4.83. The van der Waals surface area contributed by atoms with E-state index in [1.807, 2.05) is 31.2 Å². The summed E-state index contributed by atoms with van der Waals surface area (Å²) in [6.07, 6.45) is 0. The summed E-state index contributed by atoms with van der Waals surface area (Å²) in [5.74, 6) is -1.25. The molecule has 0 amide bonds. The van der Waals surface area contributed by atoms with E-state index >= 15 is 0 Å². The number of nitrogens with two attached hydrogens (primary N) is 1. The predicted molar refractivity (Wildman–Crippen MR) is 63.9 cm³/mol. The monoisotopic (exact) mass is 235 g/mol. The van der Waals surface area contributed by atoms with E-state index in [0.29, 0.717) is 6.54 Å². The van der Waals surface area contributed by atoms with Crippen molar-refractivity contribution < 1.29 is 9.90 Å². The molecular formula is C12H17N3O2. The van der Waals surface area contributed by atoms with Gasteiger partial charge in [-0.1, -0.05) is 24.3 Å². The van der Waals surface area contributed by atoms with Crippen LogP contribution in [0.25, 0.3) is 0 Å². The van der Waals surface area contributed by atoms with Crippen LogP contribution in [0.3, 0.4) is 0 Å². The zero-order valence-electron chi connectivity index (χ0n) is 9.68. The molecule has 1 aliphatic heterocycles. The largest absolute Gasteiger partial charge is 0.481 e. The molecule has 92 valence electrons. The molecule has 2 rings (SSSR count). The normalized spacial score (nSPS) is 28.2. The summed E-state index contributed by atoms with van der Waals surface area (Å²) in [4.78, 5) is 11.2. The second-order valence-corrected chi connectivity index (χ2v) is 4.36. The molecule has 0 aromatic heterocycles. The lowest BCUT2D eigenvalue weighted by Crippen LogP contribution is -2.30. The maximum Gasteiger partial charge on any atom is 0.310 e. The van der Waals surface area contributed by atoms with E-state index in [-0.39, 0.29) is 12.1 Å². The van der Waals surface area contributed by atoms with Gasteiger partial charge in [0.25, 0.3) is 0 Å². The summed E-state index contributed by atoms with van der Waals surface area (Å²) in [5, 5.41) is 9.22. The first kappa shape index (κ1) is 12.0. The van der Waals surface area contributed by atoms with E-state index in [4.69, 9.17) is 5.73 Å². The highest BCUT2D eigenvalue weighted by molar-refractivity contribution is 5.72. The van der Waals surface area contributed by atoms with Crippen molar-refractivity contribution in [2.24, 2.45) is 11.7 Å². The molecule has 1 aliphatic rings. The summed E-state index contributed by atoms with van der Waals surface area (Å²) in [7, 11) is 0. The minimum Gasteiger partial charge on any atom is -0.481 e. The zero-order valence-corrected chi connectivity index (χ0v) is 9.68. The lowest BCUT2D eigenvalue weighted by atomic mass is 9.90. The van der Waals surface area contributed by atoms with Crippen molar-refractivity contribution >= 4 is 5.97 Å². The maximum atomic E-state index is 11.2. The van der Waals surface area contributed by atoms with Gasteiger partial charge >= 0.3 is 5.97 Å². The highest BCUT2D eigenvalue weighted by Gasteiger charge is 2.39. The molecule has 1 fully saturated rings. The number of hydrogen-bond donors (Lipinski definition) is 4. The summed E-state index contributed by atoms with van der Waals surface area (Å²) in [6.45, 7) is 2.36. The molecule has 0 radical (unpaired) electrons. The Morgan fingerprint density at radius 2 is 2.00 bits per heavy atom. The smallest absolute Gasteiger partial charge is 0.310 e. The third-order valence-electron chi connectivity index (χ3n) is 3.22. The predicted octanol–water partition coefficient (Wildman–Crippen LogP) is 0.384. The molecule has 1 aromatic carbocycles. The Morgan fingerprint density at radius 3 is 2.53 bits per heavy atom. The lowest BCUT2D eigenvalue weighted by Gasteiger charge is -2.17. The Balaban J connectivity index is 2.23. The Morgan fingerprint density at radius 1 is 1.35 bits per heavy atom. The van der Waals surface area contributed by atoms with Crippen LogP contribution in [-0.4, -0.2) is 17.1 Å². The van der Waals surface area contributed by atoms with Gasteiger partial charge in [-0.15, -0.1) is 0 Å². The molecule has 1 heterocycles. The number of benzene rings is 1. The number of hydrogen-bond acceptors (Lipinski definition) is 4. The fraction of sp³-hybridized carbons (Fsp3) is 0.417. The highest BCUT2D eigenvalue weighted by atomic mass is 16.4. The average molecular weight is 235 g/mol. The van der Waals surface area contributed by atoms with Gasteiger partial charge in [0.2, 0.25) is 0 Å². The fourth-order valence-electron chi connectivity index (χ4n) is 2.20. The third-order valence-corrected chi connectivity index (χ3v) is 3.22. The van der Waals surface area contributed by atoms with Crippen molar-refractivity contribution in [2.45, 2.75) is 25.6 Å². The minimum absolute atomic E-state index is 0.0910. The number of carbonyl (C=O) groups is 1. The first-order valence-corrected chi connectivity index (χ1v) is 5.66. The summed E-state index contributed by atoms with van der Waals surface area (Å²) in [5.41, 5.74) is 13.5. The van der Waals surface area contributed by atoms with E-state index in [1.54, 1.807) is 0 Å². The van der Waals surface area contributed by atoms with Crippen LogP contribution < -0.4 is 16.6 Å². The van der Waals surface area contributed by atoms with E-state index in [0.717, 1.165) is 11.1 Å². The molecule has 0 aliphatic carbocycles. The van der Waals surface area contributed by atoms with Gasteiger partial charge in [0.05, 0.1) is 12.0 Å². The molecule has 5 N–H and O–H groups in total. The van der Waals surface area contributed by atoms with E-state index in [9.17, 15) is 9.90 Å². The third kappa shape index (κ3) is 2.31. The summed E-state index contributed by atoms with van der Waals surface area (Å²) < 4.78 is 0. The molecule has 1 aromatic rings. The molecule has 0 bridgehead atoms. The van der Waals surface area contributed by atoms with Crippen LogP contribution in [-0.2, 0) is 11.3 Å². The molecule has 0 spiro atoms. The quantitative estimate of drug-likeness (QED) is 0.608. The minimum atomic E-state index is -0.789. The molecule has 17 heavy (non-hydrogen) atoms. The van der Waals surface area contributed by atoms with Crippen LogP contribution in [0.2, 0.25) is 0 Å². The van der Waals surface area contributed by atoms with Gasteiger partial charge < -0.3 is 10.8 Å². The van der Waals surface area contributed by atoms with Crippen LogP contribution >= 0.6 is 0 Å². The molecule has 0 saturated carbocycles. The number of rotatable bonds is 3. The van der Waals surface area contributed by atoms with Crippen LogP contribution in [0.4, 0.5) is 0 Å².